The topological polar surface area (TPSA) is 37.0 Å². The zero-order valence-electron chi connectivity index (χ0n) is 28.1. The first-order valence-electron chi connectivity index (χ1n) is 15.1. The summed E-state index contributed by atoms with van der Waals surface area (Å²) in [6.07, 6.45) is 3.10. The number of aryl methyl sites for hydroxylation is 1. The average Bonchev–Trinajstić information content (AvgIpc) is 3.02. The second-order valence-electron chi connectivity index (χ2n) is 10.1. The number of allylic oxidation sites excluding steroid dienone is 6. The van der Waals surface area contributed by atoms with E-state index in [1.165, 1.54) is 17.2 Å². The van der Waals surface area contributed by atoms with E-state index in [9.17, 15) is 22.0 Å². The molecule has 3 nitrogen and oxygen atoms in total. The molecule has 0 fully saturated rings. The predicted molar refractivity (Wildman–Crippen MR) is 190 cm³/mol. The number of hydrogen-bond donors (Lipinski definition) is 2. The minimum atomic E-state index is -3.79. The lowest BCUT2D eigenvalue weighted by atomic mass is 10.0. The van der Waals surface area contributed by atoms with E-state index in [1.807, 2.05) is 76.2 Å². The molecular weight excluding hydrogens is 629 g/mol. The van der Waals surface area contributed by atoms with Gasteiger partial charge >= 0.3 is 12.3 Å². The Morgan fingerprint density at radius 3 is 2.06 bits per heavy atom. The van der Waals surface area contributed by atoms with Crippen molar-refractivity contribution in [3.05, 3.63) is 156 Å². The van der Waals surface area contributed by atoms with Crippen LogP contribution < -0.4 is 10.6 Å². The molecule has 9 heteroatoms. The first kappa shape index (κ1) is 42.8. The quantitative estimate of drug-likeness (QED) is 0.148. The van der Waals surface area contributed by atoms with E-state index in [0.717, 1.165) is 41.7 Å². The van der Waals surface area contributed by atoms with Crippen molar-refractivity contribution in [3.63, 3.8) is 0 Å². The normalized spacial score (nSPS) is 11.8. The summed E-state index contributed by atoms with van der Waals surface area (Å²) in [5.41, 5.74) is 6.21. The summed E-state index contributed by atoms with van der Waals surface area (Å²) in [4.78, 5) is 4.49. The van der Waals surface area contributed by atoms with Crippen LogP contribution in [0.4, 0.5) is 27.6 Å². The van der Waals surface area contributed by atoms with E-state index in [1.54, 1.807) is 12.3 Å². The third-order valence-electron chi connectivity index (χ3n) is 6.00. The number of anilines is 1. The van der Waals surface area contributed by atoms with Crippen molar-refractivity contribution in [2.45, 2.75) is 72.8 Å². The van der Waals surface area contributed by atoms with Gasteiger partial charge in [-0.1, -0.05) is 112 Å². The monoisotopic (exact) mass is 675 g/mol. The SMILES string of the molecule is C=C(Nc1cccc(C)c1)NC(Cc1ccccc1)c1ccc(Cl)cn1.C=C/C(C)=C\C(C)=C/C(=C)F.CC.CCC(F)(F)C(F)F. The lowest BCUT2D eigenvalue weighted by molar-refractivity contribution is -0.129. The molecule has 0 saturated heterocycles. The second kappa shape index (κ2) is 23.2. The van der Waals surface area contributed by atoms with E-state index in [-0.39, 0.29) is 6.04 Å². The molecule has 0 radical (unpaired) electrons. The summed E-state index contributed by atoms with van der Waals surface area (Å²) < 4.78 is 57.4. The lowest BCUT2D eigenvalue weighted by Crippen LogP contribution is -2.26. The predicted octanol–water partition coefficient (Wildman–Crippen LogP) is 12.4. The summed E-state index contributed by atoms with van der Waals surface area (Å²) in [5.74, 6) is -3.48. The molecule has 2 N–H and O–H groups in total. The minimum absolute atomic E-state index is 0.0144. The van der Waals surface area contributed by atoms with Gasteiger partial charge in [-0.2, -0.15) is 0 Å². The minimum Gasteiger partial charge on any atom is -0.363 e. The van der Waals surface area contributed by atoms with Gasteiger partial charge in [0.15, 0.2) is 0 Å². The van der Waals surface area contributed by atoms with Gasteiger partial charge in [-0.25, -0.2) is 22.0 Å². The molecule has 0 amide bonds. The van der Waals surface area contributed by atoms with E-state index in [0.29, 0.717) is 5.02 Å². The Morgan fingerprint density at radius 1 is 0.957 bits per heavy atom. The van der Waals surface area contributed by atoms with Crippen LogP contribution in [0.5, 0.6) is 0 Å². The Balaban J connectivity index is 0.000000834. The Morgan fingerprint density at radius 2 is 1.60 bits per heavy atom. The third kappa shape index (κ3) is 19.2. The molecule has 0 saturated carbocycles. The van der Waals surface area contributed by atoms with Crippen LogP contribution >= 0.6 is 11.6 Å². The van der Waals surface area contributed by atoms with Crippen molar-refractivity contribution in [1.29, 1.82) is 0 Å². The lowest BCUT2D eigenvalue weighted by Gasteiger charge is -2.22. The molecule has 0 aliphatic carbocycles. The highest BCUT2D eigenvalue weighted by atomic mass is 35.5. The first-order valence-corrected chi connectivity index (χ1v) is 15.5. The number of rotatable bonds is 12. The summed E-state index contributed by atoms with van der Waals surface area (Å²) in [6, 6.07) is 22.3. The number of aromatic nitrogens is 1. The van der Waals surface area contributed by atoms with Crippen molar-refractivity contribution >= 4 is 17.3 Å². The number of halogens is 6. The largest absolute Gasteiger partial charge is 0.363 e. The molecule has 0 aliphatic heterocycles. The molecule has 1 atom stereocenters. The Labute approximate surface area is 282 Å². The van der Waals surface area contributed by atoms with Crippen LogP contribution in [0.15, 0.2) is 134 Å². The van der Waals surface area contributed by atoms with E-state index < -0.39 is 24.6 Å². The van der Waals surface area contributed by atoms with E-state index >= 15 is 0 Å². The van der Waals surface area contributed by atoms with Gasteiger partial charge < -0.3 is 10.6 Å². The van der Waals surface area contributed by atoms with Crippen LogP contribution in [0.25, 0.3) is 0 Å². The van der Waals surface area contributed by atoms with Crippen LogP contribution in [0.1, 0.15) is 63.9 Å². The number of hydrogen-bond acceptors (Lipinski definition) is 3. The van der Waals surface area contributed by atoms with E-state index in [2.05, 4.69) is 66.5 Å². The van der Waals surface area contributed by atoms with Gasteiger partial charge in [0.25, 0.3) is 0 Å². The first-order chi connectivity index (χ1) is 22.2. The molecule has 0 bridgehead atoms. The molecule has 256 valence electrons. The Bertz CT molecular complexity index is 1420. The molecular formula is C38H47ClF5N3. The summed E-state index contributed by atoms with van der Waals surface area (Å²) in [7, 11) is 0. The van der Waals surface area contributed by atoms with Gasteiger partial charge in [-0.15, -0.1) is 0 Å². The number of nitrogens with one attached hydrogen (secondary N) is 2. The number of pyridine rings is 1. The molecule has 1 unspecified atom stereocenters. The molecule has 2 aromatic carbocycles. The van der Waals surface area contributed by atoms with Crippen LogP contribution in [0.3, 0.4) is 0 Å². The second-order valence-corrected chi connectivity index (χ2v) is 10.5. The summed E-state index contributed by atoms with van der Waals surface area (Å²) >= 11 is 5.99. The summed E-state index contributed by atoms with van der Waals surface area (Å²) in [5, 5.41) is 7.41. The smallest absolute Gasteiger partial charge is 0.307 e. The van der Waals surface area contributed by atoms with Crippen LogP contribution in [-0.2, 0) is 6.42 Å². The van der Waals surface area contributed by atoms with Crippen molar-refractivity contribution in [3.8, 4) is 0 Å². The highest BCUT2D eigenvalue weighted by Crippen LogP contribution is 2.25. The van der Waals surface area contributed by atoms with E-state index in [4.69, 9.17) is 11.6 Å². The Kier molecular flexibility index (Phi) is 21.1. The highest BCUT2D eigenvalue weighted by Gasteiger charge is 2.38. The number of alkyl halides is 4. The maximum atomic E-state index is 12.2. The highest BCUT2D eigenvalue weighted by molar-refractivity contribution is 6.30. The molecule has 1 aromatic heterocycles. The van der Waals surface area contributed by atoms with Crippen molar-refractivity contribution in [2.24, 2.45) is 0 Å². The Hall–Kier alpha value is -4.17. The fourth-order valence-electron chi connectivity index (χ4n) is 3.68. The fraction of sp³-hybridized carbons (Fsp3) is 0.289. The summed E-state index contributed by atoms with van der Waals surface area (Å²) in [6.45, 7) is 21.7. The molecule has 47 heavy (non-hydrogen) atoms. The van der Waals surface area contributed by atoms with Gasteiger partial charge in [-0.05, 0) is 74.2 Å². The molecule has 3 aromatic rings. The zero-order chi connectivity index (χ0) is 36.0. The van der Waals surface area contributed by atoms with Crippen molar-refractivity contribution in [2.75, 3.05) is 5.32 Å². The number of nitrogens with zero attached hydrogens (tertiary/aromatic N) is 1. The van der Waals surface area contributed by atoms with Gasteiger partial charge in [0, 0.05) is 18.3 Å². The molecule has 0 aliphatic rings. The van der Waals surface area contributed by atoms with Crippen LogP contribution in [0.2, 0.25) is 5.02 Å². The van der Waals surface area contributed by atoms with Crippen LogP contribution in [0, 0.1) is 6.92 Å². The molecule has 3 rings (SSSR count). The third-order valence-corrected chi connectivity index (χ3v) is 6.23. The maximum Gasteiger partial charge on any atom is 0.307 e. The maximum absolute atomic E-state index is 12.2. The van der Waals surface area contributed by atoms with Crippen LogP contribution in [-0.4, -0.2) is 17.3 Å². The van der Waals surface area contributed by atoms with Crippen molar-refractivity contribution in [1.82, 2.24) is 10.3 Å². The van der Waals surface area contributed by atoms with Gasteiger partial charge in [0.1, 0.15) is 5.83 Å². The molecule has 1 heterocycles. The van der Waals surface area contributed by atoms with Gasteiger partial charge in [0.05, 0.1) is 22.6 Å². The average molecular weight is 676 g/mol. The molecule has 0 spiro atoms. The number of benzene rings is 2. The van der Waals surface area contributed by atoms with Gasteiger partial charge in [0.2, 0.25) is 0 Å². The fourth-order valence-corrected chi connectivity index (χ4v) is 3.79. The standard InChI is InChI=1S/C22H22ClN3.C10H13F.C4H6F4.C2H6/c1-16-7-6-10-20(13-16)25-17(2)26-22(14-18-8-4-3-5-9-18)21-12-11-19(23)15-24-21;1-5-8(2)6-9(3)7-10(4)11;1-2-4(7,8)3(5)6;1-2/h3-13,15,22,25-26H,2,14H2,1H3;5-7H,1,4H2,2-3H3;3H,2H2,1H3;1-2H3/b;8-6-,9-7-;;. The van der Waals surface area contributed by atoms with Crippen molar-refractivity contribution < 1.29 is 22.0 Å². The van der Waals surface area contributed by atoms with Gasteiger partial charge in [-0.3, -0.25) is 4.98 Å². The zero-order valence-corrected chi connectivity index (χ0v) is 28.8.